The third-order valence-electron chi connectivity index (χ3n) is 2.82. The molecule has 2 N–H and O–H groups in total. The Morgan fingerprint density at radius 2 is 2.12 bits per heavy atom. The van der Waals surface area contributed by atoms with Crippen LogP contribution in [0.4, 0.5) is 0 Å². The normalized spacial score (nSPS) is 20.1. The topological polar surface area (TPSA) is 46.3 Å². The van der Waals surface area contributed by atoms with Gasteiger partial charge in [-0.3, -0.25) is 4.79 Å². The van der Waals surface area contributed by atoms with Crippen molar-refractivity contribution in [3.63, 3.8) is 0 Å². The maximum Gasteiger partial charge on any atom is 0.246 e. The monoisotopic (exact) mass is 250 g/mol. The van der Waals surface area contributed by atoms with E-state index in [2.05, 4.69) is 0 Å². The lowest BCUT2D eigenvalue weighted by molar-refractivity contribution is -0.124. The fourth-order valence-electron chi connectivity index (χ4n) is 1.83. The van der Waals surface area contributed by atoms with Gasteiger partial charge < -0.3 is 10.6 Å². The van der Waals surface area contributed by atoms with Gasteiger partial charge in [0.2, 0.25) is 5.91 Å². The van der Waals surface area contributed by atoms with Gasteiger partial charge in [0.05, 0.1) is 0 Å². The predicted molar refractivity (Wildman–Crippen MR) is 69.7 cm³/mol. The molecule has 90 valence electrons. The Kier molecular flexibility index (Phi) is 3.82. The molecule has 1 aromatic rings. The minimum atomic E-state index is 0.0212. The Hall–Kier alpha value is -1.32. The minimum absolute atomic E-state index is 0.0212. The van der Waals surface area contributed by atoms with Crippen molar-refractivity contribution in [3.05, 3.63) is 40.9 Å². The highest BCUT2D eigenvalue weighted by Gasteiger charge is 2.21. The first-order valence-corrected chi connectivity index (χ1v) is 6.01. The number of halogens is 1. The number of carbonyl (C=O) groups excluding carboxylic acids is 1. The van der Waals surface area contributed by atoms with Crippen LogP contribution in [0.2, 0.25) is 5.02 Å². The lowest BCUT2D eigenvalue weighted by Crippen LogP contribution is -2.30. The first-order valence-electron chi connectivity index (χ1n) is 5.63. The molecule has 2 rings (SSSR count). The number of nitrogens with zero attached hydrogens (tertiary/aromatic N) is 1. The fraction of sp³-hybridized carbons (Fsp3) is 0.308. The first-order chi connectivity index (χ1) is 8.15. The average molecular weight is 251 g/mol. The van der Waals surface area contributed by atoms with Crippen LogP contribution < -0.4 is 5.73 Å². The Labute approximate surface area is 106 Å². The van der Waals surface area contributed by atoms with E-state index in [9.17, 15) is 4.79 Å². The largest absolute Gasteiger partial charge is 0.338 e. The molecule has 3 nitrogen and oxygen atoms in total. The lowest BCUT2D eigenvalue weighted by atomic mass is 10.2. The summed E-state index contributed by atoms with van der Waals surface area (Å²) in [6.45, 7) is 1.41. The maximum atomic E-state index is 11.8. The maximum absolute atomic E-state index is 11.8. The molecule has 1 saturated heterocycles. The summed E-state index contributed by atoms with van der Waals surface area (Å²) in [7, 11) is 0. The molecule has 0 unspecified atom stereocenters. The van der Waals surface area contributed by atoms with Crippen molar-refractivity contribution in [2.24, 2.45) is 5.73 Å². The first kappa shape index (κ1) is 12.1. The lowest BCUT2D eigenvalue weighted by Gasteiger charge is -2.12. The zero-order valence-electron chi connectivity index (χ0n) is 9.47. The Morgan fingerprint density at radius 1 is 1.41 bits per heavy atom. The third-order valence-corrected chi connectivity index (χ3v) is 3.08. The number of benzene rings is 1. The number of rotatable bonds is 2. The molecular formula is C13H15ClN2O. The van der Waals surface area contributed by atoms with Crippen molar-refractivity contribution in [1.82, 2.24) is 4.90 Å². The molecule has 1 fully saturated rings. The third kappa shape index (κ3) is 3.32. The molecule has 0 bridgehead atoms. The fourth-order valence-corrected chi connectivity index (χ4v) is 1.96. The quantitative estimate of drug-likeness (QED) is 0.815. The summed E-state index contributed by atoms with van der Waals surface area (Å²) in [5.41, 5.74) is 6.72. The van der Waals surface area contributed by atoms with E-state index in [0.717, 1.165) is 18.5 Å². The molecule has 1 heterocycles. The molecule has 1 atom stereocenters. The number of hydrogen-bond donors (Lipinski definition) is 1. The minimum Gasteiger partial charge on any atom is -0.338 e. The van der Waals surface area contributed by atoms with Gasteiger partial charge in [-0.2, -0.15) is 0 Å². The van der Waals surface area contributed by atoms with Crippen molar-refractivity contribution < 1.29 is 4.79 Å². The second-order valence-electron chi connectivity index (χ2n) is 4.22. The predicted octanol–water partition coefficient (Wildman–Crippen LogP) is 1.91. The Balaban J connectivity index is 1.96. The van der Waals surface area contributed by atoms with Crippen LogP contribution in [-0.4, -0.2) is 29.9 Å². The van der Waals surface area contributed by atoms with E-state index in [0.29, 0.717) is 11.6 Å². The summed E-state index contributed by atoms with van der Waals surface area (Å²) in [5.74, 6) is 0.0212. The standard InChI is InChI=1S/C13H15ClN2O/c14-11-4-1-10(2-5-11)3-6-13(17)16-8-7-12(15)9-16/h1-6,12H,7-9,15H2/b6-3+/t12-/m1/s1. The van der Waals surface area contributed by atoms with Crippen molar-refractivity contribution >= 4 is 23.6 Å². The summed E-state index contributed by atoms with van der Waals surface area (Å²) >= 11 is 5.78. The molecule has 0 saturated carbocycles. The van der Waals surface area contributed by atoms with Crippen LogP contribution in [0.5, 0.6) is 0 Å². The molecule has 0 spiro atoms. The Morgan fingerprint density at radius 3 is 2.71 bits per heavy atom. The van der Waals surface area contributed by atoms with Crippen LogP contribution in [0.15, 0.2) is 30.3 Å². The summed E-state index contributed by atoms with van der Waals surface area (Å²) in [4.78, 5) is 13.6. The molecule has 0 radical (unpaired) electrons. The van der Waals surface area contributed by atoms with E-state index in [1.807, 2.05) is 12.1 Å². The van der Waals surface area contributed by atoms with Crippen molar-refractivity contribution in [3.8, 4) is 0 Å². The van der Waals surface area contributed by atoms with Gasteiger partial charge in [-0.05, 0) is 30.2 Å². The molecule has 4 heteroatoms. The van der Waals surface area contributed by atoms with Gasteiger partial charge in [-0.25, -0.2) is 0 Å². The van der Waals surface area contributed by atoms with E-state index in [-0.39, 0.29) is 11.9 Å². The van der Waals surface area contributed by atoms with Gasteiger partial charge in [0.15, 0.2) is 0 Å². The highest BCUT2D eigenvalue weighted by Crippen LogP contribution is 2.12. The number of carbonyl (C=O) groups is 1. The van der Waals surface area contributed by atoms with E-state index >= 15 is 0 Å². The van der Waals surface area contributed by atoms with Crippen LogP contribution in [0.1, 0.15) is 12.0 Å². The Bertz CT molecular complexity index is 428. The molecule has 17 heavy (non-hydrogen) atoms. The summed E-state index contributed by atoms with van der Waals surface area (Å²) in [5, 5.41) is 0.694. The van der Waals surface area contributed by atoms with Crippen molar-refractivity contribution in [2.45, 2.75) is 12.5 Å². The van der Waals surface area contributed by atoms with Gasteiger partial charge in [0.25, 0.3) is 0 Å². The van der Waals surface area contributed by atoms with Gasteiger partial charge in [0, 0.05) is 30.2 Å². The zero-order chi connectivity index (χ0) is 12.3. The van der Waals surface area contributed by atoms with Gasteiger partial charge in [0.1, 0.15) is 0 Å². The molecule has 1 aromatic carbocycles. The van der Waals surface area contributed by atoms with Crippen LogP contribution in [-0.2, 0) is 4.79 Å². The van der Waals surface area contributed by atoms with Crippen LogP contribution in [0, 0.1) is 0 Å². The van der Waals surface area contributed by atoms with Crippen LogP contribution in [0.3, 0.4) is 0 Å². The average Bonchev–Trinajstić information content (AvgIpc) is 2.75. The molecule has 0 aliphatic carbocycles. The molecule has 1 aliphatic rings. The molecular weight excluding hydrogens is 236 g/mol. The number of likely N-dealkylation sites (tertiary alicyclic amines) is 1. The smallest absolute Gasteiger partial charge is 0.246 e. The highest BCUT2D eigenvalue weighted by molar-refractivity contribution is 6.30. The van der Waals surface area contributed by atoms with E-state index < -0.39 is 0 Å². The molecule has 0 aromatic heterocycles. The van der Waals surface area contributed by atoms with Crippen LogP contribution >= 0.6 is 11.6 Å². The van der Waals surface area contributed by atoms with E-state index in [4.69, 9.17) is 17.3 Å². The molecule has 1 amide bonds. The van der Waals surface area contributed by atoms with Crippen LogP contribution in [0.25, 0.3) is 6.08 Å². The van der Waals surface area contributed by atoms with Gasteiger partial charge in [-0.1, -0.05) is 23.7 Å². The van der Waals surface area contributed by atoms with E-state index in [1.165, 1.54) is 0 Å². The number of hydrogen-bond acceptors (Lipinski definition) is 2. The summed E-state index contributed by atoms with van der Waals surface area (Å²) < 4.78 is 0. The SMILES string of the molecule is N[C@@H]1CCN(C(=O)/C=C/c2ccc(Cl)cc2)C1. The van der Waals surface area contributed by atoms with Gasteiger partial charge >= 0.3 is 0 Å². The number of nitrogens with two attached hydrogens (primary N) is 1. The van der Waals surface area contributed by atoms with Crippen molar-refractivity contribution in [1.29, 1.82) is 0 Å². The second-order valence-corrected chi connectivity index (χ2v) is 4.65. The molecule has 1 aliphatic heterocycles. The van der Waals surface area contributed by atoms with Gasteiger partial charge in [-0.15, -0.1) is 0 Å². The zero-order valence-corrected chi connectivity index (χ0v) is 10.2. The summed E-state index contributed by atoms with van der Waals surface area (Å²) in [6, 6.07) is 7.49. The van der Waals surface area contributed by atoms with E-state index in [1.54, 1.807) is 29.2 Å². The number of amides is 1. The second kappa shape index (κ2) is 5.34. The van der Waals surface area contributed by atoms with Crippen molar-refractivity contribution in [2.75, 3.05) is 13.1 Å². The summed E-state index contributed by atoms with van der Waals surface area (Å²) in [6.07, 6.45) is 4.27. The highest BCUT2D eigenvalue weighted by atomic mass is 35.5.